The topological polar surface area (TPSA) is 57.2 Å². The van der Waals surface area contributed by atoms with Crippen molar-refractivity contribution in [2.45, 2.75) is 39.1 Å². The van der Waals surface area contributed by atoms with Gasteiger partial charge in [0.2, 0.25) is 0 Å². The van der Waals surface area contributed by atoms with Gasteiger partial charge in [-0.05, 0) is 43.2 Å². The van der Waals surface area contributed by atoms with Gasteiger partial charge in [-0.15, -0.1) is 0 Å². The highest BCUT2D eigenvalue weighted by molar-refractivity contribution is 5.83. The molecule has 3 rings (SSSR count). The van der Waals surface area contributed by atoms with Crippen molar-refractivity contribution in [2.24, 2.45) is 0 Å². The van der Waals surface area contributed by atoms with E-state index >= 15 is 0 Å². The van der Waals surface area contributed by atoms with Crippen LogP contribution in [0.15, 0.2) is 42.5 Å². The Labute approximate surface area is 166 Å². The molecule has 0 saturated carbocycles. The largest absolute Gasteiger partial charge is 0.496 e. The van der Waals surface area contributed by atoms with Gasteiger partial charge in [0, 0.05) is 6.54 Å². The minimum atomic E-state index is -0.579. The molecule has 2 atom stereocenters. The number of hydrogen-bond donors (Lipinski definition) is 0. The van der Waals surface area contributed by atoms with Crippen LogP contribution in [0.2, 0.25) is 0 Å². The molecule has 1 aliphatic rings. The Kier molecular flexibility index (Phi) is 6.41. The van der Waals surface area contributed by atoms with Crippen molar-refractivity contribution in [3.05, 3.63) is 53.6 Å². The number of carbonyl (C=O) groups excluding carboxylic acids is 1. The monoisotopic (exact) mass is 385 g/mol. The van der Waals surface area contributed by atoms with Crippen LogP contribution in [0.4, 0.5) is 0 Å². The summed E-state index contributed by atoms with van der Waals surface area (Å²) in [5.41, 5.74) is 1.71. The van der Waals surface area contributed by atoms with Crippen LogP contribution in [-0.4, -0.2) is 37.7 Å². The van der Waals surface area contributed by atoms with Gasteiger partial charge in [0.25, 0.3) is 5.91 Å². The number of ether oxygens (including phenoxy) is 4. The lowest BCUT2D eigenvalue weighted by atomic mass is 10.1. The van der Waals surface area contributed by atoms with Crippen molar-refractivity contribution < 1.29 is 23.7 Å². The molecular weight excluding hydrogens is 358 g/mol. The third-order valence-electron chi connectivity index (χ3n) is 4.71. The standard InChI is InChI=1S/C22H27NO5/c1-5-13-27-17-11-9-16(10-12-17)14-23-21(24)15(2)28-22(23)20-18(25-3)7-6-8-19(20)26-4/h6-12,15,22H,5,13-14H2,1-4H3/t15?,22-/m1/s1. The maximum atomic E-state index is 12.8. The molecule has 2 aromatic carbocycles. The summed E-state index contributed by atoms with van der Waals surface area (Å²) in [6.45, 7) is 4.94. The number of hydrogen-bond acceptors (Lipinski definition) is 5. The van der Waals surface area contributed by atoms with Gasteiger partial charge in [-0.3, -0.25) is 4.79 Å². The SMILES string of the molecule is CCCOc1ccc(CN2C(=O)C(C)O[C@@H]2c2c(OC)cccc2OC)cc1. The van der Waals surface area contributed by atoms with Crippen molar-refractivity contribution >= 4 is 5.91 Å². The Morgan fingerprint density at radius 3 is 2.25 bits per heavy atom. The molecule has 0 bridgehead atoms. The zero-order chi connectivity index (χ0) is 20.1. The van der Waals surface area contributed by atoms with E-state index in [-0.39, 0.29) is 5.91 Å². The summed E-state index contributed by atoms with van der Waals surface area (Å²) < 4.78 is 22.6. The van der Waals surface area contributed by atoms with Gasteiger partial charge in [0.1, 0.15) is 23.4 Å². The molecule has 0 aromatic heterocycles. The lowest BCUT2D eigenvalue weighted by molar-refractivity contribution is -0.130. The molecule has 0 aliphatic carbocycles. The van der Waals surface area contributed by atoms with E-state index in [2.05, 4.69) is 6.92 Å². The Balaban J connectivity index is 1.88. The van der Waals surface area contributed by atoms with Crippen LogP contribution in [0.5, 0.6) is 17.2 Å². The number of benzene rings is 2. The molecule has 2 aromatic rings. The second-order valence-corrected chi connectivity index (χ2v) is 6.67. The number of amides is 1. The van der Waals surface area contributed by atoms with E-state index in [1.165, 1.54) is 0 Å². The van der Waals surface area contributed by atoms with Crippen LogP contribution in [0.3, 0.4) is 0 Å². The molecule has 1 amide bonds. The van der Waals surface area contributed by atoms with Crippen LogP contribution in [0.25, 0.3) is 0 Å². The molecule has 1 aliphatic heterocycles. The third-order valence-corrected chi connectivity index (χ3v) is 4.71. The molecule has 1 saturated heterocycles. The van der Waals surface area contributed by atoms with Gasteiger partial charge in [-0.1, -0.05) is 25.1 Å². The highest BCUT2D eigenvalue weighted by Crippen LogP contribution is 2.42. The van der Waals surface area contributed by atoms with Gasteiger partial charge in [-0.2, -0.15) is 0 Å². The molecular formula is C22H27NO5. The average Bonchev–Trinajstić information content (AvgIpc) is 3.00. The molecule has 28 heavy (non-hydrogen) atoms. The van der Waals surface area contributed by atoms with Gasteiger partial charge >= 0.3 is 0 Å². The number of rotatable bonds is 8. The second-order valence-electron chi connectivity index (χ2n) is 6.67. The van der Waals surface area contributed by atoms with Gasteiger partial charge < -0.3 is 23.8 Å². The van der Waals surface area contributed by atoms with Crippen LogP contribution >= 0.6 is 0 Å². The average molecular weight is 385 g/mol. The molecule has 1 fully saturated rings. The fraction of sp³-hybridized carbons (Fsp3) is 0.409. The van der Waals surface area contributed by atoms with Gasteiger partial charge in [0.05, 0.1) is 26.4 Å². The molecule has 6 heteroatoms. The quantitative estimate of drug-likeness (QED) is 0.689. The van der Waals surface area contributed by atoms with Crippen molar-refractivity contribution in [2.75, 3.05) is 20.8 Å². The summed E-state index contributed by atoms with van der Waals surface area (Å²) in [7, 11) is 3.19. The van der Waals surface area contributed by atoms with Crippen LogP contribution in [0.1, 0.15) is 37.6 Å². The lowest BCUT2D eigenvalue weighted by Gasteiger charge is -2.26. The molecule has 0 spiro atoms. The van der Waals surface area contributed by atoms with Crippen molar-refractivity contribution in [1.29, 1.82) is 0 Å². The van der Waals surface area contributed by atoms with E-state index in [4.69, 9.17) is 18.9 Å². The van der Waals surface area contributed by atoms with Gasteiger partial charge in [0.15, 0.2) is 6.23 Å². The maximum Gasteiger partial charge on any atom is 0.254 e. The Morgan fingerprint density at radius 2 is 1.68 bits per heavy atom. The minimum absolute atomic E-state index is 0.0655. The van der Waals surface area contributed by atoms with Crippen LogP contribution < -0.4 is 14.2 Å². The Hall–Kier alpha value is -2.73. The van der Waals surface area contributed by atoms with E-state index < -0.39 is 12.3 Å². The summed E-state index contributed by atoms with van der Waals surface area (Å²) in [5, 5.41) is 0. The van der Waals surface area contributed by atoms with Crippen molar-refractivity contribution in [1.82, 2.24) is 4.90 Å². The van der Waals surface area contributed by atoms with Crippen molar-refractivity contribution in [3.8, 4) is 17.2 Å². The van der Waals surface area contributed by atoms with Crippen LogP contribution in [-0.2, 0) is 16.1 Å². The first-order valence-corrected chi connectivity index (χ1v) is 9.47. The summed E-state index contributed by atoms with van der Waals surface area (Å²) in [5.74, 6) is 2.01. The van der Waals surface area contributed by atoms with E-state index in [1.54, 1.807) is 26.0 Å². The summed E-state index contributed by atoms with van der Waals surface area (Å²) >= 11 is 0. The zero-order valence-corrected chi connectivity index (χ0v) is 16.8. The molecule has 6 nitrogen and oxygen atoms in total. The first-order chi connectivity index (χ1) is 13.6. The molecule has 0 N–H and O–H groups in total. The minimum Gasteiger partial charge on any atom is -0.496 e. The fourth-order valence-corrected chi connectivity index (χ4v) is 3.29. The fourth-order valence-electron chi connectivity index (χ4n) is 3.29. The van der Waals surface area contributed by atoms with Crippen LogP contribution in [0, 0.1) is 0 Å². The second kappa shape index (κ2) is 8.97. The number of nitrogens with zero attached hydrogens (tertiary/aromatic N) is 1. The highest BCUT2D eigenvalue weighted by atomic mass is 16.5. The van der Waals surface area contributed by atoms with E-state index in [0.717, 1.165) is 17.7 Å². The molecule has 150 valence electrons. The zero-order valence-electron chi connectivity index (χ0n) is 16.8. The van der Waals surface area contributed by atoms with E-state index in [1.807, 2.05) is 42.5 Å². The predicted octanol–water partition coefficient (Wildman–Crippen LogP) is 3.94. The maximum absolute atomic E-state index is 12.8. The smallest absolute Gasteiger partial charge is 0.254 e. The summed E-state index contributed by atoms with van der Waals surface area (Å²) in [6, 6.07) is 13.3. The Bertz CT molecular complexity index is 783. The number of methoxy groups -OCH3 is 2. The summed E-state index contributed by atoms with van der Waals surface area (Å²) in [4.78, 5) is 14.5. The van der Waals surface area contributed by atoms with E-state index in [0.29, 0.717) is 30.2 Å². The molecule has 1 heterocycles. The Morgan fingerprint density at radius 1 is 1.04 bits per heavy atom. The van der Waals surface area contributed by atoms with Crippen molar-refractivity contribution in [3.63, 3.8) is 0 Å². The third kappa shape index (κ3) is 4.07. The summed E-state index contributed by atoms with van der Waals surface area (Å²) in [6.07, 6.45) is -0.154. The predicted molar refractivity (Wildman–Crippen MR) is 106 cm³/mol. The lowest BCUT2D eigenvalue weighted by Crippen LogP contribution is -2.30. The molecule has 0 radical (unpaired) electrons. The first kappa shape index (κ1) is 20.0. The van der Waals surface area contributed by atoms with E-state index in [9.17, 15) is 4.79 Å². The number of carbonyl (C=O) groups is 1. The highest BCUT2D eigenvalue weighted by Gasteiger charge is 2.41. The molecule has 1 unspecified atom stereocenters. The first-order valence-electron chi connectivity index (χ1n) is 9.47. The normalized spacial score (nSPS) is 19.0. The van der Waals surface area contributed by atoms with Gasteiger partial charge in [-0.25, -0.2) is 0 Å².